The molecule has 1 saturated heterocycles. The fourth-order valence-electron chi connectivity index (χ4n) is 2.35. The van der Waals surface area contributed by atoms with Crippen LogP contribution in [0.2, 0.25) is 0 Å². The lowest BCUT2D eigenvalue weighted by Gasteiger charge is -2.20. The molecular weight excluding hydrogens is 356 g/mol. The molecule has 0 atom stereocenters. The molecule has 0 spiro atoms. The molecule has 3 rings (SSSR count). The van der Waals surface area contributed by atoms with Crippen molar-refractivity contribution in [3.05, 3.63) is 12.0 Å². The molecule has 0 aromatic carbocycles. The van der Waals surface area contributed by atoms with Gasteiger partial charge in [-0.2, -0.15) is 4.37 Å². The third-order valence-corrected chi connectivity index (χ3v) is 6.84. The molecule has 1 aliphatic heterocycles. The standard InChI is InChI=1S/C12H18N6O2S3/c1-2-9-15-12(22-16-9)18-5-3-4-17(6-7-18)11-14-8-10(21-11)23(13,19)20/h8H,2-7H2,1H3,(H2,13,19,20). The van der Waals surface area contributed by atoms with Crippen LogP contribution in [-0.4, -0.2) is 48.9 Å². The van der Waals surface area contributed by atoms with Gasteiger partial charge in [0.05, 0.1) is 6.20 Å². The van der Waals surface area contributed by atoms with Gasteiger partial charge in [-0.05, 0) is 6.42 Å². The molecule has 1 fully saturated rings. The number of rotatable bonds is 4. The van der Waals surface area contributed by atoms with Crippen molar-refractivity contribution in [3.8, 4) is 0 Å². The predicted molar refractivity (Wildman–Crippen MR) is 91.8 cm³/mol. The quantitative estimate of drug-likeness (QED) is 0.848. The SMILES string of the molecule is CCc1nsc(N2CCCN(c3ncc(S(N)(=O)=O)s3)CC2)n1. The Morgan fingerprint density at radius 2 is 1.91 bits per heavy atom. The number of anilines is 2. The lowest BCUT2D eigenvalue weighted by Crippen LogP contribution is -2.30. The Hall–Kier alpha value is -1.30. The molecule has 0 amide bonds. The van der Waals surface area contributed by atoms with Crippen LogP contribution in [0.3, 0.4) is 0 Å². The smallest absolute Gasteiger partial charge is 0.249 e. The zero-order valence-corrected chi connectivity index (χ0v) is 15.1. The molecule has 2 aromatic rings. The zero-order chi connectivity index (χ0) is 16.4. The van der Waals surface area contributed by atoms with Gasteiger partial charge in [-0.25, -0.2) is 23.5 Å². The molecule has 1 aliphatic rings. The highest BCUT2D eigenvalue weighted by Crippen LogP contribution is 2.27. The molecular formula is C12H18N6O2S3. The fraction of sp³-hybridized carbons (Fsp3) is 0.583. The van der Waals surface area contributed by atoms with Crippen LogP contribution in [0.5, 0.6) is 0 Å². The van der Waals surface area contributed by atoms with E-state index in [1.54, 1.807) is 0 Å². The molecule has 2 aromatic heterocycles. The van der Waals surface area contributed by atoms with E-state index in [9.17, 15) is 8.42 Å². The summed E-state index contributed by atoms with van der Waals surface area (Å²) >= 11 is 2.55. The maximum Gasteiger partial charge on any atom is 0.249 e. The predicted octanol–water partition coefficient (Wildman–Crippen LogP) is 0.921. The number of nitrogens with zero attached hydrogens (tertiary/aromatic N) is 5. The number of aryl methyl sites for hydroxylation is 1. The Labute approximate surface area is 143 Å². The fourth-order valence-corrected chi connectivity index (χ4v) is 4.74. The lowest BCUT2D eigenvalue weighted by molar-refractivity contribution is 0.599. The molecule has 11 heteroatoms. The Bertz CT molecular complexity index is 771. The van der Waals surface area contributed by atoms with Gasteiger partial charge in [-0.3, -0.25) is 0 Å². The topological polar surface area (TPSA) is 105 Å². The van der Waals surface area contributed by atoms with E-state index < -0.39 is 10.0 Å². The largest absolute Gasteiger partial charge is 0.346 e. The zero-order valence-electron chi connectivity index (χ0n) is 12.7. The molecule has 8 nitrogen and oxygen atoms in total. The number of nitrogens with two attached hydrogens (primary N) is 1. The van der Waals surface area contributed by atoms with Crippen LogP contribution < -0.4 is 14.9 Å². The molecule has 126 valence electrons. The van der Waals surface area contributed by atoms with E-state index in [2.05, 4.69) is 24.1 Å². The van der Waals surface area contributed by atoms with Crippen LogP contribution in [0.1, 0.15) is 19.2 Å². The summed E-state index contributed by atoms with van der Waals surface area (Å²) in [5, 5.41) is 6.79. The minimum Gasteiger partial charge on any atom is -0.346 e. The maximum atomic E-state index is 11.4. The van der Waals surface area contributed by atoms with E-state index >= 15 is 0 Å². The summed E-state index contributed by atoms with van der Waals surface area (Å²) in [6, 6.07) is 0. The second-order valence-corrected chi connectivity index (χ2v) is 8.71. The number of sulfonamides is 1. The van der Waals surface area contributed by atoms with Gasteiger partial charge in [0.2, 0.25) is 15.2 Å². The molecule has 0 aliphatic carbocycles. The molecule has 3 heterocycles. The first kappa shape index (κ1) is 16.6. The molecule has 0 saturated carbocycles. The van der Waals surface area contributed by atoms with Crippen LogP contribution in [0.25, 0.3) is 0 Å². The number of hydrogen-bond donors (Lipinski definition) is 1. The van der Waals surface area contributed by atoms with Gasteiger partial charge in [0.15, 0.2) is 9.34 Å². The summed E-state index contributed by atoms with van der Waals surface area (Å²) in [6.07, 6.45) is 3.12. The normalized spacial score (nSPS) is 16.6. The molecule has 0 bridgehead atoms. The second kappa shape index (κ2) is 6.67. The van der Waals surface area contributed by atoms with Crippen LogP contribution in [0.4, 0.5) is 10.3 Å². The Morgan fingerprint density at radius 3 is 2.48 bits per heavy atom. The van der Waals surface area contributed by atoms with Crippen molar-refractivity contribution in [2.24, 2.45) is 5.14 Å². The number of aromatic nitrogens is 3. The number of primary sulfonamides is 1. The van der Waals surface area contributed by atoms with Gasteiger partial charge in [0, 0.05) is 44.1 Å². The highest BCUT2D eigenvalue weighted by Gasteiger charge is 2.21. The van der Waals surface area contributed by atoms with E-state index in [0.717, 1.165) is 61.3 Å². The average Bonchev–Trinajstić information content (AvgIpc) is 3.12. The Balaban J connectivity index is 1.70. The average molecular weight is 375 g/mol. The van der Waals surface area contributed by atoms with Gasteiger partial charge in [0.1, 0.15) is 5.82 Å². The minimum absolute atomic E-state index is 0.102. The van der Waals surface area contributed by atoms with Crippen LogP contribution >= 0.6 is 22.9 Å². The van der Waals surface area contributed by atoms with E-state index in [1.165, 1.54) is 17.7 Å². The summed E-state index contributed by atoms with van der Waals surface area (Å²) < 4.78 is 27.2. The van der Waals surface area contributed by atoms with Gasteiger partial charge >= 0.3 is 0 Å². The summed E-state index contributed by atoms with van der Waals surface area (Å²) in [5.41, 5.74) is 0. The molecule has 2 N–H and O–H groups in total. The van der Waals surface area contributed by atoms with Crippen LogP contribution in [0, 0.1) is 0 Å². The number of hydrogen-bond acceptors (Lipinski definition) is 9. The first-order valence-electron chi connectivity index (χ1n) is 7.28. The van der Waals surface area contributed by atoms with Crippen molar-refractivity contribution in [3.63, 3.8) is 0 Å². The van der Waals surface area contributed by atoms with Gasteiger partial charge in [0.25, 0.3) is 0 Å². The van der Waals surface area contributed by atoms with E-state index in [-0.39, 0.29) is 4.21 Å². The third kappa shape index (κ3) is 3.79. The monoisotopic (exact) mass is 374 g/mol. The van der Waals surface area contributed by atoms with Crippen LogP contribution in [0.15, 0.2) is 10.4 Å². The summed E-state index contributed by atoms with van der Waals surface area (Å²) in [6.45, 7) is 5.35. The highest BCUT2D eigenvalue weighted by atomic mass is 32.2. The van der Waals surface area contributed by atoms with Crippen molar-refractivity contribution in [1.29, 1.82) is 0 Å². The van der Waals surface area contributed by atoms with Crippen molar-refractivity contribution in [2.45, 2.75) is 24.0 Å². The van der Waals surface area contributed by atoms with Gasteiger partial charge < -0.3 is 9.80 Å². The van der Waals surface area contributed by atoms with E-state index in [4.69, 9.17) is 5.14 Å². The highest BCUT2D eigenvalue weighted by molar-refractivity contribution is 7.91. The Morgan fingerprint density at radius 1 is 1.22 bits per heavy atom. The molecule has 0 radical (unpaired) electrons. The maximum absolute atomic E-state index is 11.4. The lowest BCUT2D eigenvalue weighted by atomic mass is 10.4. The van der Waals surface area contributed by atoms with Crippen LogP contribution in [-0.2, 0) is 16.4 Å². The third-order valence-electron chi connectivity index (χ3n) is 3.56. The van der Waals surface area contributed by atoms with Crippen molar-refractivity contribution >= 4 is 43.2 Å². The first-order valence-corrected chi connectivity index (χ1v) is 10.4. The molecule has 0 unspecified atom stereocenters. The van der Waals surface area contributed by atoms with E-state index in [0.29, 0.717) is 5.13 Å². The van der Waals surface area contributed by atoms with Gasteiger partial charge in [-0.15, -0.1) is 0 Å². The van der Waals surface area contributed by atoms with Crippen molar-refractivity contribution in [2.75, 3.05) is 36.0 Å². The first-order chi connectivity index (χ1) is 11.0. The summed E-state index contributed by atoms with van der Waals surface area (Å²) in [4.78, 5) is 13.1. The number of thiazole rings is 1. The van der Waals surface area contributed by atoms with E-state index in [1.807, 2.05) is 6.92 Å². The van der Waals surface area contributed by atoms with Crippen molar-refractivity contribution < 1.29 is 8.42 Å². The van der Waals surface area contributed by atoms with Gasteiger partial charge in [-0.1, -0.05) is 18.3 Å². The summed E-state index contributed by atoms with van der Waals surface area (Å²) in [5.74, 6) is 0.879. The summed E-state index contributed by atoms with van der Waals surface area (Å²) in [7, 11) is -3.68. The Kier molecular flexibility index (Phi) is 4.80. The minimum atomic E-state index is -3.68. The van der Waals surface area contributed by atoms with Crippen molar-refractivity contribution in [1.82, 2.24) is 14.3 Å². The second-order valence-electron chi connectivity index (χ2n) is 5.18. The molecule has 23 heavy (non-hydrogen) atoms.